The van der Waals surface area contributed by atoms with Crippen LogP contribution in [0.25, 0.3) is 0 Å². The van der Waals surface area contributed by atoms with E-state index in [1.165, 1.54) is 36.0 Å². The number of primary amides is 1. The first kappa shape index (κ1) is 20.3. The Morgan fingerprint density at radius 2 is 1.76 bits per heavy atom. The van der Waals surface area contributed by atoms with Gasteiger partial charge in [-0.15, -0.1) is 0 Å². The molecule has 11 heteroatoms. The first-order valence-corrected chi connectivity index (χ1v) is 9.36. The highest BCUT2D eigenvalue weighted by molar-refractivity contribution is 8.15. The highest BCUT2D eigenvalue weighted by Crippen LogP contribution is 2.26. The molecule has 150 valence electrons. The van der Waals surface area contributed by atoms with Gasteiger partial charge in [0.25, 0.3) is 5.91 Å². The summed E-state index contributed by atoms with van der Waals surface area (Å²) in [6.07, 6.45) is 3.22. The molecule has 3 amide bonds. The zero-order valence-corrected chi connectivity index (χ0v) is 15.8. The quantitative estimate of drug-likeness (QED) is 0.449. The SMILES string of the molecule is NC(=O)C1N=C(Nc2ccncc2)SC1NC(=O)c1ccc(NC(=O)CO)cc1. The fraction of sp³-hybridized carbons (Fsp3) is 0.167. The van der Waals surface area contributed by atoms with E-state index in [-0.39, 0.29) is 0 Å². The highest BCUT2D eigenvalue weighted by atomic mass is 32.2. The van der Waals surface area contributed by atoms with E-state index in [4.69, 9.17) is 10.8 Å². The molecule has 10 nitrogen and oxygen atoms in total. The lowest BCUT2D eigenvalue weighted by atomic mass is 10.2. The van der Waals surface area contributed by atoms with Crippen molar-refractivity contribution in [2.24, 2.45) is 10.7 Å². The van der Waals surface area contributed by atoms with Crippen LogP contribution in [0.2, 0.25) is 0 Å². The molecule has 0 saturated carbocycles. The topological polar surface area (TPSA) is 159 Å². The van der Waals surface area contributed by atoms with Gasteiger partial charge >= 0.3 is 0 Å². The first-order chi connectivity index (χ1) is 14.0. The lowest BCUT2D eigenvalue weighted by molar-refractivity contribution is -0.119. The van der Waals surface area contributed by atoms with E-state index in [1.807, 2.05) is 0 Å². The van der Waals surface area contributed by atoms with Crippen molar-refractivity contribution < 1.29 is 19.5 Å². The number of amides is 3. The molecule has 1 aliphatic heterocycles. The number of rotatable bonds is 6. The van der Waals surface area contributed by atoms with Crippen LogP contribution in [0, 0.1) is 0 Å². The Morgan fingerprint density at radius 1 is 1.07 bits per heavy atom. The summed E-state index contributed by atoms with van der Waals surface area (Å²) in [5.74, 6) is -1.63. The summed E-state index contributed by atoms with van der Waals surface area (Å²) < 4.78 is 0. The van der Waals surface area contributed by atoms with Crippen molar-refractivity contribution in [1.29, 1.82) is 0 Å². The van der Waals surface area contributed by atoms with Crippen LogP contribution in [0.5, 0.6) is 0 Å². The van der Waals surface area contributed by atoms with Gasteiger partial charge in [0.05, 0.1) is 0 Å². The van der Waals surface area contributed by atoms with Gasteiger partial charge in [-0.05, 0) is 36.4 Å². The van der Waals surface area contributed by atoms with Crippen LogP contribution >= 0.6 is 11.8 Å². The molecule has 0 saturated heterocycles. The van der Waals surface area contributed by atoms with Crippen molar-refractivity contribution in [3.63, 3.8) is 0 Å². The minimum atomic E-state index is -0.920. The number of aliphatic imine (C=N–C) groups is 1. The zero-order chi connectivity index (χ0) is 20.8. The van der Waals surface area contributed by atoms with Crippen LogP contribution in [0.4, 0.5) is 11.4 Å². The van der Waals surface area contributed by atoms with Crippen molar-refractivity contribution in [3.8, 4) is 0 Å². The second-order valence-electron chi connectivity index (χ2n) is 5.94. The summed E-state index contributed by atoms with van der Waals surface area (Å²) in [7, 11) is 0. The van der Waals surface area contributed by atoms with E-state index in [1.54, 1.807) is 24.5 Å². The fourth-order valence-corrected chi connectivity index (χ4v) is 3.55. The third-order valence-corrected chi connectivity index (χ3v) is 4.91. The highest BCUT2D eigenvalue weighted by Gasteiger charge is 2.35. The molecular formula is C18H18N6O4S. The molecule has 1 aliphatic rings. The molecule has 0 aliphatic carbocycles. The molecule has 0 bridgehead atoms. The number of amidine groups is 1. The van der Waals surface area contributed by atoms with Crippen molar-refractivity contribution in [2.75, 3.05) is 17.2 Å². The third-order valence-electron chi connectivity index (χ3n) is 3.85. The van der Waals surface area contributed by atoms with Crippen molar-refractivity contribution in [1.82, 2.24) is 10.3 Å². The van der Waals surface area contributed by atoms with E-state index in [0.29, 0.717) is 16.4 Å². The van der Waals surface area contributed by atoms with Gasteiger partial charge in [-0.2, -0.15) is 0 Å². The van der Waals surface area contributed by atoms with Gasteiger partial charge in [0.15, 0.2) is 11.2 Å². The number of carbonyl (C=O) groups is 3. The molecule has 29 heavy (non-hydrogen) atoms. The average Bonchev–Trinajstić information content (AvgIpc) is 3.11. The number of hydrogen-bond donors (Lipinski definition) is 5. The normalized spacial score (nSPS) is 17.9. The zero-order valence-electron chi connectivity index (χ0n) is 15.0. The fourth-order valence-electron chi connectivity index (χ4n) is 2.47. The van der Waals surface area contributed by atoms with Crippen LogP contribution in [-0.2, 0) is 9.59 Å². The number of nitrogens with one attached hydrogen (secondary N) is 3. The summed E-state index contributed by atoms with van der Waals surface area (Å²) in [4.78, 5) is 43.7. The Hall–Kier alpha value is -3.44. The number of nitrogens with two attached hydrogens (primary N) is 1. The maximum absolute atomic E-state index is 12.5. The Bertz CT molecular complexity index is 935. The van der Waals surface area contributed by atoms with E-state index in [0.717, 1.165) is 5.69 Å². The first-order valence-electron chi connectivity index (χ1n) is 8.48. The van der Waals surface area contributed by atoms with Gasteiger partial charge in [-0.1, -0.05) is 11.8 Å². The molecule has 3 rings (SSSR count). The van der Waals surface area contributed by atoms with Gasteiger partial charge in [-0.25, -0.2) is 4.99 Å². The lowest BCUT2D eigenvalue weighted by Gasteiger charge is -2.16. The molecule has 2 unspecified atom stereocenters. The molecule has 0 radical (unpaired) electrons. The molecule has 6 N–H and O–H groups in total. The Kier molecular flexibility index (Phi) is 6.42. The van der Waals surface area contributed by atoms with Crippen molar-refractivity contribution in [3.05, 3.63) is 54.4 Å². The Labute approximate surface area is 170 Å². The maximum Gasteiger partial charge on any atom is 0.252 e. The van der Waals surface area contributed by atoms with Gasteiger partial charge in [-0.3, -0.25) is 19.4 Å². The summed E-state index contributed by atoms with van der Waals surface area (Å²) >= 11 is 1.18. The van der Waals surface area contributed by atoms with Crippen LogP contribution in [0.1, 0.15) is 10.4 Å². The van der Waals surface area contributed by atoms with Crippen molar-refractivity contribution in [2.45, 2.75) is 11.4 Å². The number of nitrogens with zero attached hydrogens (tertiary/aromatic N) is 2. The number of pyridine rings is 1. The Balaban J connectivity index is 1.64. The number of hydrogen-bond acceptors (Lipinski definition) is 8. The molecule has 2 heterocycles. The second-order valence-corrected chi connectivity index (χ2v) is 7.07. The van der Waals surface area contributed by atoms with Crippen LogP contribution in [0.15, 0.2) is 53.8 Å². The van der Waals surface area contributed by atoms with Gasteiger partial charge in [0, 0.05) is 29.3 Å². The number of carbonyl (C=O) groups excluding carboxylic acids is 3. The van der Waals surface area contributed by atoms with Crippen LogP contribution < -0.4 is 21.7 Å². The number of aliphatic hydroxyl groups excluding tert-OH is 1. The summed E-state index contributed by atoms with van der Waals surface area (Å²) in [6.45, 7) is -0.633. The second kappa shape index (κ2) is 9.17. The van der Waals surface area contributed by atoms with Crippen LogP contribution in [-0.4, -0.2) is 51.0 Å². The predicted octanol–water partition coefficient (Wildman–Crippen LogP) is 0.137. The Morgan fingerprint density at radius 3 is 2.38 bits per heavy atom. The number of thioether (sulfide) groups is 1. The third kappa shape index (κ3) is 5.30. The number of aliphatic hydroxyl groups is 1. The average molecular weight is 414 g/mol. The maximum atomic E-state index is 12.5. The van der Waals surface area contributed by atoms with E-state index in [9.17, 15) is 14.4 Å². The van der Waals surface area contributed by atoms with Gasteiger partial charge < -0.3 is 26.8 Å². The molecule has 2 aromatic rings. The molecule has 0 spiro atoms. The largest absolute Gasteiger partial charge is 0.387 e. The smallest absolute Gasteiger partial charge is 0.252 e. The van der Waals surface area contributed by atoms with Gasteiger partial charge in [0.1, 0.15) is 12.0 Å². The summed E-state index contributed by atoms with van der Waals surface area (Å²) in [5.41, 5.74) is 6.93. The standard InChI is InChI=1S/C18H18N6O4S/c19-15(27)14-17(29-18(23-14)22-12-5-7-20-8-6-12)24-16(28)10-1-3-11(4-2-10)21-13(26)9-25/h1-8,14,17,25H,9H2,(H2,19,27)(H,21,26)(H,24,28)(H,20,22,23). The minimum Gasteiger partial charge on any atom is -0.387 e. The summed E-state index contributed by atoms with van der Waals surface area (Å²) in [5, 5.41) is 16.8. The van der Waals surface area contributed by atoms with E-state index >= 15 is 0 Å². The molecular weight excluding hydrogens is 396 g/mol. The minimum absolute atomic E-state index is 0.325. The van der Waals surface area contributed by atoms with Gasteiger partial charge in [0.2, 0.25) is 11.8 Å². The molecule has 1 aromatic heterocycles. The number of aromatic nitrogens is 1. The van der Waals surface area contributed by atoms with Crippen LogP contribution in [0.3, 0.4) is 0 Å². The van der Waals surface area contributed by atoms with E-state index < -0.39 is 35.7 Å². The van der Waals surface area contributed by atoms with Crippen molar-refractivity contribution >= 4 is 46.0 Å². The van der Waals surface area contributed by atoms with E-state index in [2.05, 4.69) is 25.9 Å². The summed E-state index contributed by atoms with van der Waals surface area (Å²) in [6, 6.07) is 8.65. The molecule has 2 atom stereocenters. The monoisotopic (exact) mass is 414 g/mol. The number of benzene rings is 1. The lowest BCUT2D eigenvalue weighted by Crippen LogP contribution is -2.44. The molecule has 0 fully saturated rings. The number of anilines is 2. The molecule has 1 aromatic carbocycles. The predicted molar refractivity (Wildman–Crippen MR) is 109 cm³/mol.